The maximum atomic E-state index is 5.72. The fraction of sp³-hybridized carbons (Fsp3) is 0.786. The molecule has 2 rings (SSSR count). The number of nitrogens with zero attached hydrogens (tertiary/aromatic N) is 4. The molecule has 1 fully saturated rings. The van der Waals surface area contributed by atoms with Crippen LogP contribution in [0.1, 0.15) is 40.5 Å². The van der Waals surface area contributed by atoms with Crippen LogP contribution < -0.4 is 15.4 Å². The van der Waals surface area contributed by atoms with E-state index in [1.54, 1.807) is 0 Å². The molecule has 6 nitrogen and oxygen atoms in total. The zero-order valence-corrected chi connectivity index (χ0v) is 12.9. The summed E-state index contributed by atoms with van der Waals surface area (Å²) in [6, 6.07) is 0.313. The van der Waals surface area contributed by atoms with Gasteiger partial charge in [0.15, 0.2) is 0 Å². The van der Waals surface area contributed by atoms with Gasteiger partial charge in [0, 0.05) is 13.1 Å². The lowest BCUT2D eigenvalue weighted by Crippen LogP contribution is -2.39. The molecule has 20 heavy (non-hydrogen) atoms. The Morgan fingerprint density at radius 3 is 2.40 bits per heavy atom. The van der Waals surface area contributed by atoms with Gasteiger partial charge in [-0.25, -0.2) is 0 Å². The molecule has 1 aliphatic rings. The van der Waals surface area contributed by atoms with E-state index in [0.717, 1.165) is 31.8 Å². The van der Waals surface area contributed by atoms with Crippen LogP contribution >= 0.6 is 0 Å². The largest absolute Gasteiger partial charge is 0.464 e. The van der Waals surface area contributed by atoms with Crippen molar-refractivity contribution in [2.45, 2.75) is 40.5 Å². The van der Waals surface area contributed by atoms with Gasteiger partial charge in [0.2, 0.25) is 11.9 Å². The highest BCUT2D eigenvalue weighted by Crippen LogP contribution is 2.35. The van der Waals surface area contributed by atoms with Crippen LogP contribution in [0.3, 0.4) is 0 Å². The Balaban J connectivity index is 2.07. The van der Waals surface area contributed by atoms with Gasteiger partial charge in [-0.3, -0.25) is 0 Å². The van der Waals surface area contributed by atoms with Gasteiger partial charge >= 0.3 is 6.01 Å². The van der Waals surface area contributed by atoms with E-state index in [1.807, 2.05) is 6.92 Å². The number of aromatic nitrogens is 3. The van der Waals surface area contributed by atoms with Crippen molar-refractivity contribution < 1.29 is 4.74 Å². The van der Waals surface area contributed by atoms with Crippen molar-refractivity contribution in [2.24, 2.45) is 11.3 Å². The molecule has 1 aromatic heterocycles. The third-order valence-corrected chi connectivity index (χ3v) is 3.90. The maximum Gasteiger partial charge on any atom is 0.323 e. The van der Waals surface area contributed by atoms with Gasteiger partial charge in [-0.2, -0.15) is 15.0 Å². The van der Waals surface area contributed by atoms with Crippen LogP contribution in [0.5, 0.6) is 6.01 Å². The van der Waals surface area contributed by atoms with Gasteiger partial charge in [-0.15, -0.1) is 0 Å². The summed E-state index contributed by atoms with van der Waals surface area (Å²) >= 11 is 0. The van der Waals surface area contributed by atoms with E-state index in [-0.39, 0.29) is 5.95 Å². The molecule has 0 spiro atoms. The van der Waals surface area contributed by atoms with E-state index in [4.69, 9.17) is 10.5 Å². The Kier molecular flexibility index (Phi) is 4.30. The Bertz CT molecular complexity index is 449. The van der Waals surface area contributed by atoms with Crippen molar-refractivity contribution in [2.75, 3.05) is 30.3 Å². The van der Waals surface area contributed by atoms with E-state index in [1.165, 1.54) is 0 Å². The molecule has 6 heteroatoms. The number of hydrogen-bond acceptors (Lipinski definition) is 6. The van der Waals surface area contributed by atoms with E-state index >= 15 is 0 Å². The molecule has 0 bridgehead atoms. The Labute approximate surface area is 120 Å². The van der Waals surface area contributed by atoms with Crippen LogP contribution in [0.25, 0.3) is 0 Å². The number of ether oxygens (including phenoxy) is 1. The molecule has 0 aromatic carbocycles. The number of rotatable bonds is 3. The number of nitrogens with two attached hydrogens (primary N) is 1. The third kappa shape index (κ3) is 3.49. The minimum atomic E-state index is 0.219. The quantitative estimate of drug-likeness (QED) is 0.913. The van der Waals surface area contributed by atoms with E-state index in [2.05, 4.69) is 40.6 Å². The van der Waals surface area contributed by atoms with E-state index in [9.17, 15) is 0 Å². The highest BCUT2D eigenvalue weighted by molar-refractivity contribution is 5.36. The van der Waals surface area contributed by atoms with Gasteiger partial charge in [-0.05, 0) is 31.1 Å². The minimum absolute atomic E-state index is 0.219. The molecule has 0 amide bonds. The lowest BCUT2D eigenvalue weighted by molar-refractivity contribution is 0.198. The monoisotopic (exact) mass is 279 g/mol. The molecule has 0 aliphatic carbocycles. The number of piperidine rings is 1. The fourth-order valence-electron chi connectivity index (χ4n) is 2.64. The molecular weight excluding hydrogens is 254 g/mol. The fourth-order valence-corrected chi connectivity index (χ4v) is 2.64. The second-order valence-corrected chi connectivity index (χ2v) is 6.34. The lowest BCUT2D eigenvalue weighted by Gasteiger charge is -2.38. The summed E-state index contributed by atoms with van der Waals surface area (Å²) in [4.78, 5) is 14.7. The van der Waals surface area contributed by atoms with Gasteiger partial charge in [-0.1, -0.05) is 20.8 Å². The molecule has 1 aliphatic heterocycles. The van der Waals surface area contributed by atoms with Crippen molar-refractivity contribution in [1.29, 1.82) is 0 Å². The summed E-state index contributed by atoms with van der Waals surface area (Å²) in [5.41, 5.74) is 6.09. The molecule has 2 heterocycles. The van der Waals surface area contributed by atoms with E-state index < -0.39 is 0 Å². The summed E-state index contributed by atoms with van der Waals surface area (Å²) in [6.45, 7) is 11.3. The van der Waals surface area contributed by atoms with Crippen molar-refractivity contribution in [3.8, 4) is 6.01 Å². The predicted octanol–water partition coefficient (Wildman–Crippen LogP) is 2.11. The molecule has 1 saturated heterocycles. The van der Waals surface area contributed by atoms with E-state index in [0.29, 0.717) is 24.0 Å². The van der Waals surface area contributed by atoms with Crippen LogP contribution in [0.2, 0.25) is 0 Å². The summed E-state index contributed by atoms with van der Waals surface area (Å²) in [6.07, 6.45) is 2.30. The molecule has 1 aromatic rings. The Hall–Kier alpha value is -1.59. The number of nitrogen functional groups attached to an aromatic ring is 1. The standard InChI is InChI=1S/C14H25N5O/c1-5-20-13-17-11(15)16-12(18-13)19-8-6-10(7-9-19)14(2,3)4/h10H,5-9H2,1-4H3,(H2,15,16,17,18). The molecule has 2 N–H and O–H groups in total. The molecular formula is C14H25N5O. The summed E-state index contributed by atoms with van der Waals surface area (Å²) in [5, 5.41) is 0. The zero-order chi connectivity index (χ0) is 14.8. The summed E-state index contributed by atoms with van der Waals surface area (Å²) in [7, 11) is 0. The summed E-state index contributed by atoms with van der Waals surface area (Å²) in [5.74, 6) is 1.59. The van der Waals surface area contributed by atoms with Crippen molar-refractivity contribution >= 4 is 11.9 Å². The van der Waals surface area contributed by atoms with Crippen LogP contribution in [-0.4, -0.2) is 34.6 Å². The summed E-state index contributed by atoms with van der Waals surface area (Å²) < 4.78 is 5.32. The highest BCUT2D eigenvalue weighted by Gasteiger charge is 2.29. The van der Waals surface area contributed by atoms with Crippen molar-refractivity contribution in [3.05, 3.63) is 0 Å². The first-order valence-corrected chi connectivity index (χ1v) is 7.29. The normalized spacial score (nSPS) is 17.3. The first-order chi connectivity index (χ1) is 9.40. The van der Waals surface area contributed by atoms with Crippen molar-refractivity contribution in [1.82, 2.24) is 15.0 Å². The topological polar surface area (TPSA) is 77.2 Å². The highest BCUT2D eigenvalue weighted by atomic mass is 16.5. The van der Waals surface area contributed by atoms with Gasteiger partial charge in [0.25, 0.3) is 0 Å². The predicted molar refractivity (Wildman–Crippen MR) is 79.8 cm³/mol. The minimum Gasteiger partial charge on any atom is -0.464 e. The first-order valence-electron chi connectivity index (χ1n) is 7.29. The number of hydrogen-bond donors (Lipinski definition) is 1. The van der Waals surface area contributed by atoms with Crippen LogP contribution in [-0.2, 0) is 0 Å². The average molecular weight is 279 g/mol. The average Bonchev–Trinajstić information content (AvgIpc) is 2.37. The third-order valence-electron chi connectivity index (χ3n) is 3.90. The van der Waals surface area contributed by atoms with Gasteiger partial charge in [0.1, 0.15) is 0 Å². The van der Waals surface area contributed by atoms with Crippen LogP contribution in [0, 0.1) is 11.3 Å². The second kappa shape index (κ2) is 5.81. The van der Waals surface area contributed by atoms with Crippen LogP contribution in [0.4, 0.5) is 11.9 Å². The maximum absolute atomic E-state index is 5.72. The SMILES string of the molecule is CCOc1nc(N)nc(N2CCC(C(C)(C)C)CC2)n1. The molecule has 112 valence electrons. The van der Waals surface area contributed by atoms with Crippen molar-refractivity contribution in [3.63, 3.8) is 0 Å². The zero-order valence-electron chi connectivity index (χ0n) is 12.9. The molecule has 0 radical (unpaired) electrons. The molecule has 0 unspecified atom stereocenters. The van der Waals surface area contributed by atoms with Crippen LogP contribution in [0.15, 0.2) is 0 Å². The number of anilines is 2. The smallest absolute Gasteiger partial charge is 0.323 e. The van der Waals surface area contributed by atoms with Gasteiger partial charge < -0.3 is 15.4 Å². The Morgan fingerprint density at radius 2 is 1.85 bits per heavy atom. The second-order valence-electron chi connectivity index (χ2n) is 6.34. The molecule has 0 saturated carbocycles. The Morgan fingerprint density at radius 1 is 1.20 bits per heavy atom. The first kappa shape index (κ1) is 14.8. The van der Waals surface area contributed by atoms with Gasteiger partial charge in [0.05, 0.1) is 6.61 Å². The molecule has 0 atom stereocenters. The lowest BCUT2D eigenvalue weighted by atomic mass is 9.75.